The monoisotopic (exact) mass is 428 g/mol. The van der Waals surface area contributed by atoms with Crippen molar-refractivity contribution in [1.29, 1.82) is 0 Å². The zero-order chi connectivity index (χ0) is 18.9. The minimum Gasteiger partial charge on any atom is -0.488 e. The lowest BCUT2D eigenvalue weighted by atomic mass is 10.1. The molecule has 0 saturated heterocycles. The van der Waals surface area contributed by atoms with Crippen LogP contribution in [0.4, 0.5) is 13.2 Å². The SMILES string of the molecule is Cn1nnn(-c2cccc(C(F)(F)F)c2COc2ccccc2Br)c1=O. The summed E-state index contributed by atoms with van der Waals surface area (Å²) >= 11 is 3.28. The molecule has 0 atom stereocenters. The van der Waals surface area contributed by atoms with Crippen LogP contribution in [-0.2, 0) is 19.8 Å². The summed E-state index contributed by atoms with van der Waals surface area (Å²) in [6.07, 6.45) is -4.62. The summed E-state index contributed by atoms with van der Waals surface area (Å²) in [7, 11) is 1.36. The van der Waals surface area contributed by atoms with Gasteiger partial charge in [0.05, 0.1) is 15.7 Å². The number of benzene rings is 2. The molecule has 10 heteroatoms. The number of aromatic nitrogens is 4. The number of rotatable bonds is 4. The van der Waals surface area contributed by atoms with Crippen LogP contribution in [0, 0.1) is 0 Å². The first kappa shape index (κ1) is 18.2. The maximum Gasteiger partial charge on any atom is 0.416 e. The van der Waals surface area contributed by atoms with E-state index in [0.717, 1.165) is 15.4 Å². The van der Waals surface area contributed by atoms with Crippen LogP contribution >= 0.6 is 15.9 Å². The smallest absolute Gasteiger partial charge is 0.416 e. The summed E-state index contributed by atoms with van der Waals surface area (Å²) in [6, 6.07) is 10.3. The van der Waals surface area contributed by atoms with Crippen molar-refractivity contribution < 1.29 is 17.9 Å². The molecule has 0 aliphatic carbocycles. The Bertz CT molecular complexity index is 998. The molecule has 0 amide bonds. The number of nitrogens with zero attached hydrogens (tertiary/aromatic N) is 4. The minimum absolute atomic E-state index is 0.0371. The van der Waals surface area contributed by atoms with Crippen LogP contribution in [0.15, 0.2) is 51.7 Å². The maximum atomic E-state index is 13.5. The van der Waals surface area contributed by atoms with Gasteiger partial charge < -0.3 is 4.74 Å². The van der Waals surface area contributed by atoms with Gasteiger partial charge in [0.2, 0.25) is 0 Å². The largest absolute Gasteiger partial charge is 0.488 e. The Morgan fingerprint density at radius 1 is 1.12 bits per heavy atom. The Morgan fingerprint density at radius 2 is 1.85 bits per heavy atom. The highest BCUT2D eigenvalue weighted by Crippen LogP contribution is 2.35. The molecule has 1 heterocycles. The summed E-state index contributed by atoms with van der Waals surface area (Å²) in [6.45, 7) is -0.406. The van der Waals surface area contributed by atoms with Crippen molar-refractivity contribution in [3.63, 3.8) is 0 Å². The Hall–Kier alpha value is -2.62. The van der Waals surface area contributed by atoms with Gasteiger partial charge in [-0.25, -0.2) is 4.79 Å². The third-order valence-corrected chi connectivity index (χ3v) is 4.27. The summed E-state index contributed by atoms with van der Waals surface area (Å²) in [4.78, 5) is 12.1. The molecule has 0 unspecified atom stereocenters. The van der Waals surface area contributed by atoms with Gasteiger partial charge in [0.1, 0.15) is 12.4 Å². The fraction of sp³-hybridized carbons (Fsp3) is 0.188. The third kappa shape index (κ3) is 3.50. The molecule has 0 N–H and O–H groups in total. The zero-order valence-electron chi connectivity index (χ0n) is 13.4. The van der Waals surface area contributed by atoms with E-state index in [1.54, 1.807) is 24.3 Å². The molecule has 1 aromatic heterocycles. The summed E-state index contributed by atoms with van der Waals surface area (Å²) in [5, 5.41) is 7.17. The van der Waals surface area contributed by atoms with E-state index >= 15 is 0 Å². The molecule has 3 aromatic rings. The normalized spacial score (nSPS) is 11.6. The highest BCUT2D eigenvalue weighted by Gasteiger charge is 2.35. The quantitative estimate of drug-likeness (QED) is 0.639. The first-order valence-electron chi connectivity index (χ1n) is 7.35. The van der Waals surface area contributed by atoms with E-state index in [0.29, 0.717) is 10.2 Å². The molecule has 0 aliphatic rings. The van der Waals surface area contributed by atoms with Crippen molar-refractivity contribution in [2.75, 3.05) is 0 Å². The standard InChI is InChI=1S/C16H12BrF3N4O2/c1-23-15(25)24(22-21-23)13-7-4-5-11(16(18,19)20)10(13)9-26-14-8-3-2-6-12(14)17/h2-8H,9H2,1H3. The van der Waals surface area contributed by atoms with Gasteiger partial charge in [-0.1, -0.05) is 18.2 Å². The van der Waals surface area contributed by atoms with Gasteiger partial charge in [-0.3, -0.25) is 0 Å². The van der Waals surface area contributed by atoms with Crippen molar-refractivity contribution in [1.82, 2.24) is 19.8 Å². The van der Waals surface area contributed by atoms with E-state index in [-0.39, 0.29) is 11.3 Å². The predicted octanol–water partition coefficient (Wildman–Crippen LogP) is 3.33. The molecule has 6 nitrogen and oxygen atoms in total. The minimum atomic E-state index is -4.62. The number of ether oxygens (including phenoxy) is 1. The molecule has 3 rings (SSSR count). The Balaban J connectivity index is 2.10. The molecule has 0 bridgehead atoms. The lowest BCUT2D eigenvalue weighted by molar-refractivity contribution is -0.138. The Kier molecular flexibility index (Phi) is 4.86. The second kappa shape index (κ2) is 6.94. The van der Waals surface area contributed by atoms with Crippen molar-refractivity contribution in [3.05, 3.63) is 68.5 Å². The lowest BCUT2D eigenvalue weighted by Crippen LogP contribution is -2.24. The van der Waals surface area contributed by atoms with Crippen LogP contribution < -0.4 is 10.4 Å². The number of halogens is 4. The second-order valence-corrected chi connectivity index (χ2v) is 6.17. The number of alkyl halides is 3. The molecule has 136 valence electrons. The van der Waals surface area contributed by atoms with Gasteiger partial charge in [0.25, 0.3) is 0 Å². The van der Waals surface area contributed by atoms with Gasteiger partial charge in [-0.15, -0.1) is 0 Å². The Labute approximate surface area is 153 Å². The van der Waals surface area contributed by atoms with E-state index in [1.165, 1.54) is 19.2 Å². The maximum absolute atomic E-state index is 13.5. The fourth-order valence-electron chi connectivity index (χ4n) is 2.37. The first-order valence-corrected chi connectivity index (χ1v) is 8.14. The fourth-order valence-corrected chi connectivity index (χ4v) is 2.77. The number of tetrazole rings is 1. The Morgan fingerprint density at radius 3 is 2.46 bits per heavy atom. The molecule has 26 heavy (non-hydrogen) atoms. The molecular weight excluding hydrogens is 417 g/mol. The molecule has 0 spiro atoms. The van der Waals surface area contributed by atoms with Crippen LogP contribution in [0.25, 0.3) is 5.69 Å². The van der Waals surface area contributed by atoms with E-state index in [4.69, 9.17) is 4.74 Å². The van der Waals surface area contributed by atoms with Crippen LogP contribution in [0.3, 0.4) is 0 Å². The third-order valence-electron chi connectivity index (χ3n) is 3.62. The average molecular weight is 429 g/mol. The van der Waals surface area contributed by atoms with E-state index in [9.17, 15) is 18.0 Å². The molecule has 0 fully saturated rings. The second-order valence-electron chi connectivity index (χ2n) is 5.32. The van der Waals surface area contributed by atoms with Crippen LogP contribution in [0.1, 0.15) is 11.1 Å². The number of aryl methyl sites for hydroxylation is 1. The van der Waals surface area contributed by atoms with Crippen molar-refractivity contribution >= 4 is 15.9 Å². The summed E-state index contributed by atoms with van der Waals surface area (Å²) in [5.41, 5.74) is -1.81. The molecule has 0 radical (unpaired) electrons. The van der Waals surface area contributed by atoms with Gasteiger partial charge >= 0.3 is 11.9 Å². The predicted molar refractivity (Wildman–Crippen MR) is 90.1 cm³/mol. The average Bonchev–Trinajstić information content (AvgIpc) is 2.92. The van der Waals surface area contributed by atoms with E-state index in [2.05, 4.69) is 26.4 Å². The van der Waals surface area contributed by atoms with Gasteiger partial charge in [-0.05, 0) is 50.6 Å². The molecule has 0 saturated carbocycles. The van der Waals surface area contributed by atoms with Crippen LogP contribution in [0.5, 0.6) is 5.75 Å². The van der Waals surface area contributed by atoms with Crippen LogP contribution in [-0.4, -0.2) is 19.8 Å². The number of para-hydroxylation sites is 1. The highest BCUT2D eigenvalue weighted by atomic mass is 79.9. The number of hydrogen-bond acceptors (Lipinski definition) is 4. The number of hydrogen-bond donors (Lipinski definition) is 0. The van der Waals surface area contributed by atoms with Crippen molar-refractivity contribution in [3.8, 4) is 11.4 Å². The van der Waals surface area contributed by atoms with Crippen LogP contribution in [0.2, 0.25) is 0 Å². The molecule has 2 aromatic carbocycles. The molecular formula is C16H12BrF3N4O2. The summed E-state index contributed by atoms with van der Waals surface area (Å²) in [5.74, 6) is 0.377. The highest BCUT2D eigenvalue weighted by molar-refractivity contribution is 9.10. The zero-order valence-corrected chi connectivity index (χ0v) is 15.0. The first-order chi connectivity index (χ1) is 12.3. The van der Waals surface area contributed by atoms with E-state index < -0.39 is 24.0 Å². The van der Waals surface area contributed by atoms with E-state index in [1.807, 2.05) is 0 Å². The topological polar surface area (TPSA) is 61.9 Å². The van der Waals surface area contributed by atoms with Crippen molar-refractivity contribution in [2.24, 2.45) is 7.05 Å². The summed E-state index contributed by atoms with van der Waals surface area (Å²) < 4.78 is 48.3. The van der Waals surface area contributed by atoms with Crippen molar-refractivity contribution in [2.45, 2.75) is 12.8 Å². The van der Waals surface area contributed by atoms with Gasteiger partial charge in [-0.2, -0.15) is 22.5 Å². The molecule has 0 aliphatic heterocycles. The van der Waals surface area contributed by atoms with Gasteiger partial charge in [0.15, 0.2) is 0 Å². The lowest BCUT2D eigenvalue weighted by Gasteiger charge is -2.17. The van der Waals surface area contributed by atoms with Gasteiger partial charge in [0, 0.05) is 12.6 Å².